The molecule has 17 heavy (non-hydrogen) atoms. The van der Waals surface area contributed by atoms with Crippen molar-refractivity contribution in [1.29, 1.82) is 0 Å². The number of nitrogens with zero attached hydrogens (tertiary/aromatic N) is 1. The molecule has 0 fully saturated rings. The Morgan fingerprint density at radius 3 is 2.47 bits per heavy atom. The van der Waals surface area contributed by atoms with Crippen LogP contribution in [-0.4, -0.2) is 29.4 Å². The van der Waals surface area contributed by atoms with Gasteiger partial charge in [0.15, 0.2) is 6.04 Å². The summed E-state index contributed by atoms with van der Waals surface area (Å²) in [6.45, 7) is 0. The smallest absolute Gasteiger partial charge is 0.331 e. The average Bonchev–Trinajstić information content (AvgIpc) is 2.28. The molecule has 1 unspecified atom stereocenters. The van der Waals surface area contributed by atoms with Gasteiger partial charge in [-0.15, -0.1) is 0 Å². The third-order valence-corrected chi connectivity index (χ3v) is 2.29. The highest BCUT2D eigenvalue weighted by Gasteiger charge is 2.24. The summed E-state index contributed by atoms with van der Waals surface area (Å²) in [5, 5.41) is 8.97. The summed E-state index contributed by atoms with van der Waals surface area (Å²) in [4.78, 5) is 22.5. The molecule has 1 aromatic carbocycles. The third-order valence-electron chi connectivity index (χ3n) is 2.29. The maximum Gasteiger partial charge on any atom is 0.331 e. The normalized spacial score (nSPS) is 12.2. The van der Waals surface area contributed by atoms with Crippen LogP contribution >= 0.6 is 0 Å². The predicted octanol–water partition coefficient (Wildman–Crippen LogP) is 1.84. The number of carboxylic acids is 1. The van der Waals surface area contributed by atoms with Gasteiger partial charge in [-0.1, -0.05) is 18.2 Å². The Labute approximate surface area is 96.5 Å². The van der Waals surface area contributed by atoms with Crippen LogP contribution in [0.25, 0.3) is 0 Å². The van der Waals surface area contributed by atoms with Gasteiger partial charge in [0, 0.05) is 12.6 Å². The Kier molecular flexibility index (Phi) is 4.14. The van der Waals surface area contributed by atoms with Crippen molar-refractivity contribution in [2.24, 2.45) is 0 Å². The number of hydrogen-bond donors (Lipinski definition) is 1. The molecule has 0 aliphatic rings. The first-order chi connectivity index (χ1) is 7.97. The molecule has 1 amide bonds. The van der Waals surface area contributed by atoms with Gasteiger partial charge in [0.25, 0.3) is 6.43 Å². The van der Waals surface area contributed by atoms with Crippen LogP contribution in [0.4, 0.5) is 8.78 Å². The van der Waals surface area contributed by atoms with Crippen molar-refractivity contribution < 1.29 is 23.5 Å². The van der Waals surface area contributed by atoms with E-state index in [-0.39, 0.29) is 11.1 Å². The molecule has 0 aromatic heterocycles. The lowest BCUT2D eigenvalue weighted by Crippen LogP contribution is -2.29. The minimum Gasteiger partial charge on any atom is -0.479 e. The zero-order valence-corrected chi connectivity index (χ0v) is 9.01. The van der Waals surface area contributed by atoms with E-state index in [1.54, 1.807) is 0 Å². The SMILES string of the molecule is CN(C=O)C(C(=O)O)c1cccc(C(F)F)c1. The fraction of sp³-hybridized carbons (Fsp3) is 0.273. The van der Waals surface area contributed by atoms with E-state index >= 15 is 0 Å². The number of aliphatic carboxylic acids is 1. The summed E-state index contributed by atoms with van der Waals surface area (Å²) in [6, 6.07) is 3.76. The maximum atomic E-state index is 12.5. The van der Waals surface area contributed by atoms with Crippen LogP contribution in [0.15, 0.2) is 24.3 Å². The number of benzene rings is 1. The maximum absolute atomic E-state index is 12.5. The number of carbonyl (C=O) groups excluding carboxylic acids is 1. The van der Waals surface area contributed by atoms with Crippen LogP contribution in [0.1, 0.15) is 23.6 Å². The van der Waals surface area contributed by atoms with Gasteiger partial charge >= 0.3 is 5.97 Å². The molecule has 1 rings (SSSR count). The van der Waals surface area contributed by atoms with E-state index in [0.717, 1.165) is 11.0 Å². The number of amides is 1. The first kappa shape index (κ1) is 13.1. The van der Waals surface area contributed by atoms with Crippen LogP contribution in [-0.2, 0) is 9.59 Å². The quantitative estimate of drug-likeness (QED) is 0.803. The Bertz CT molecular complexity index is 423. The fourth-order valence-electron chi connectivity index (χ4n) is 1.48. The van der Waals surface area contributed by atoms with E-state index in [9.17, 15) is 18.4 Å². The van der Waals surface area contributed by atoms with Crippen LogP contribution < -0.4 is 0 Å². The predicted molar refractivity (Wildman–Crippen MR) is 55.6 cm³/mol. The van der Waals surface area contributed by atoms with Crippen molar-refractivity contribution in [1.82, 2.24) is 4.90 Å². The lowest BCUT2D eigenvalue weighted by molar-refractivity contribution is -0.145. The first-order valence-electron chi connectivity index (χ1n) is 4.75. The van der Waals surface area contributed by atoms with Gasteiger partial charge in [0.2, 0.25) is 6.41 Å². The van der Waals surface area contributed by atoms with Gasteiger partial charge in [-0.3, -0.25) is 4.79 Å². The largest absolute Gasteiger partial charge is 0.479 e. The Morgan fingerprint density at radius 1 is 1.41 bits per heavy atom. The topological polar surface area (TPSA) is 57.6 Å². The third kappa shape index (κ3) is 2.99. The average molecular weight is 243 g/mol. The van der Waals surface area contributed by atoms with Crippen molar-refractivity contribution >= 4 is 12.4 Å². The number of carbonyl (C=O) groups is 2. The Morgan fingerprint density at radius 2 is 2.00 bits per heavy atom. The number of carboxylic acid groups (broad SMARTS) is 1. The van der Waals surface area contributed by atoms with Gasteiger partial charge < -0.3 is 10.0 Å². The lowest BCUT2D eigenvalue weighted by atomic mass is 10.0. The van der Waals surface area contributed by atoms with Crippen LogP contribution in [0.2, 0.25) is 0 Å². The number of hydrogen-bond acceptors (Lipinski definition) is 2. The van der Waals surface area contributed by atoms with Crippen molar-refractivity contribution in [2.45, 2.75) is 12.5 Å². The van der Waals surface area contributed by atoms with E-state index in [1.165, 1.54) is 25.2 Å². The zero-order valence-electron chi connectivity index (χ0n) is 9.01. The second-order valence-corrected chi connectivity index (χ2v) is 3.48. The molecule has 0 radical (unpaired) electrons. The number of rotatable bonds is 5. The van der Waals surface area contributed by atoms with Crippen LogP contribution in [0.3, 0.4) is 0 Å². The molecule has 0 heterocycles. The van der Waals surface area contributed by atoms with Gasteiger partial charge in [-0.25, -0.2) is 13.6 Å². The molecule has 0 aliphatic heterocycles. The van der Waals surface area contributed by atoms with E-state index in [4.69, 9.17) is 5.11 Å². The summed E-state index contributed by atoms with van der Waals surface area (Å²) < 4.78 is 24.9. The molecule has 1 N–H and O–H groups in total. The molecule has 0 bridgehead atoms. The van der Waals surface area contributed by atoms with Gasteiger partial charge in [-0.05, 0) is 11.6 Å². The van der Waals surface area contributed by atoms with E-state index in [1.807, 2.05) is 0 Å². The van der Waals surface area contributed by atoms with E-state index in [0.29, 0.717) is 6.41 Å². The monoisotopic (exact) mass is 243 g/mol. The second kappa shape index (κ2) is 5.38. The summed E-state index contributed by atoms with van der Waals surface area (Å²) >= 11 is 0. The molecule has 0 aliphatic carbocycles. The Balaban J connectivity index is 3.14. The molecule has 0 saturated heterocycles. The molecule has 6 heteroatoms. The standard InChI is InChI=1S/C11H11F2NO3/c1-14(6-15)9(11(16)17)7-3-2-4-8(5-7)10(12)13/h2-6,9-10H,1H3,(H,16,17). The minimum absolute atomic E-state index is 0.143. The summed E-state index contributed by atoms with van der Waals surface area (Å²) in [6.07, 6.45) is -2.33. The molecular formula is C11H11F2NO3. The summed E-state index contributed by atoms with van der Waals surface area (Å²) in [5.74, 6) is -1.27. The molecule has 4 nitrogen and oxygen atoms in total. The summed E-state index contributed by atoms with van der Waals surface area (Å²) in [7, 11) is 1.28. The van der Waals surface area contributed by atoms with Crippen molar-refractivity contribution in [3.05, 3.63) is 35.4 Å². The van der Waals surface area contributed by atoms with Crippen molar-refractivity contribution in [2.75, 3.05) is 7.05 Å². The number of likely N-dealkylation sites (N-methyl/N-ethyl adjacent to an activating group) is 1. The molecule has 1 aromatic rings. The highest BCUT2D eigenvalue weighted by molar-refractivity contribution is 5.78. The van der Waals surface area contributed by atoms with Crippen molar-refractivity contribution in [3.8, 4) is 0 Å². The highest BCUT2D eigenvalue weighted by Crippen LogP contribution is 2.24. The molecule has 92 valence electrons. The highest BCUT2D eigenvalue weighted by atomic mass is 19.3. The molecule has 0 saturated carbocycles. The van der Waals surface area contributed by atoms with Gasteiger partial charge in [0.05, 0.1) is 0 Å². The van der Waals surface area contributed by atoms with Gasteiger partial charge in [0.1, 0.15) is 0 Å². The summed E-state index contributed by atoms with van der Waals surface area (Å²) in [5.41, 5.74) is -0.127. The zero-order chi connectivity index (χ0) is 13.0. The van der Waals surface area contributed by atoms with Crippen LogP contribution in [0.5, 0.6) is 0 Å². The molecule has 0 spiro atoms. The molecular weight excluding hydrogens is 232 g/mol. The fourth-order valence-corrected chi connectivity index (χ4v) is 1.48. The number of halogens is 2. The van der Waals surface area contributed by atoms with E-state index in [2.05, 4.69) is 0 Å². The lowest BCUT2D eigenvalue weighted by Gasteiger charge is -2.21. The Hall–Kier alpha value is -1.98. The van der Waals surface area contributed by atoms with Gasteiger partial charge in [-0.2, -0.15) is 0 Å². The number of alkyl halides is 2. The first-order valence-corrected chi connectivity index (χ1v) is 4.75. The van der Waals surface area contributed by atoms with E-state index < -0.39 is 18.4 Å². The second-order valence-electron chi connectivity index (χ2n) is 3.48. The van der Waals surface area contributed by atoms with Crippen molar-refractivity contribution in [3.63, 3.8) is 0 Å². The molecule has 1 atom stereocenters. The van der Waals surface area contributed by atoms with Crippen LogP contribution in [0, 0.1) is 0 Å². The minimum atomic E-state index is -2.68.